The van der Waals surface area contributed by atoms with E-state index < -0.39 is 0 Å². The molecule has 2 unspecified atom stereocenters. The summed E-state index contributed by atoms with van der Waals surface area (Å²) < 4.78 is 0. The Bertz CT molecular complexity index is 126. The Labute approximate surface area is 96.0 Å². The van der Waals surface area contributed by atoms with Crippen LogP contribution in [-0.4, -0.2) is 6.04 Å². The quantitative estimate of drug-likeness (QED) is 0.331. The first kappa shape index (κ1) is 14.9. The molecular weight excluding hydrogens is 184 g/mol. The fourth-order valence-corrected chi connectivity index (χ4v) is 2.23. The van der Waals surface area contributed by atoms with Gasteiger partial charge in [-0.2, -0.15) is 0 Å². The second kappa shape index (κ2) is 10.4. The van der Waals surface area contributed by atoms with Gasteiger partial charge in [0.05, 0.1) is 0 Å². The molecule has 0 saturated carbocycles. The van der Waals surface area contributed by atoms with E-state index >= 15 is 0 Å². The van der Waals surface area contributed by atoms with Crippen LogP contribution in [0.5, 0.6) is 0 Å². The zero-order valence-corrected chi connectivity index (χ0v) is 10.9. The lowest BCUT2D eigenvalue weighted by molar-refractivity contribution is 0.299. The molecule has 0 radical (unpaired) electrons. The van der Waals surface area contributed by atoms with Crippen LogP contribution < -0.4 is 11.3 Å². The zero-order chi connectivity index (χ0) is 11.5. The van der Waals surface area contributed by atoms with E-state index in [0.717, 1.165) is 5.92 Å². The van der Waals surface area contributed by atoms with Crippen LogP contribution in [-0.2, 0) is 0 Å². The minimum Gasteiger partial charge on any atom is -0.271 e. The number of unbranched alkanes of at least 4 members (excludes halogenated alkanes) is 3. The Morgan fingerprint density at radius 1 is 0.933 bits per heavy atom. The summed E-state index contributed by atoms with van der Waals surface area (Å²) in [6.45, 7) is 6.79. The molecule has 0 saturated heterocycles. The molecule has 0 aromatic rings. The SMILES string of the molecule is CCCCCC(NN)C(CC)CCCC. The highest BCUT2D eigenvalue weighted by Gasteiger charge is 2.17. The molecule has 0 bridgehead atoms. The van der Waals surface area contributed by atoms with Gasteiger partial charge in [0.2, 0.25) is 0 Å². The predicted molar refractivity (Wildman–Crippen MR) is 68.6 cm³/mol. The molecule has 0 aromatic heterocycles. The lowest BCUT2D eigenvalue weighted by Gasteiger charge is -2.25. The van der Waals surface area contributed by atoms with Crippen LogP contribution in [0.2, 0.25) is 0 Å². The number of nitrogens with two attached hydrogens (primary N) is 1. The maximum absolute atomic E-state index is 5.65. The summed E-state index contributed by atoms with van der Waals surface area (Å²) in [5.41, 5.74) is 3.02. The van der Waals surface area contributed by atoms with Crippen LogP contribution >= 0.6 is 0 Å². The van der Waals surface area contributed by atoms with Crippen molar-refractivity contribution < 1.29 is 0 Å². The molecule has 0 rings (SSSR count). The molecule has 0 aliphatic carbocycles. The predicted octanol–water partition coefficient (Wildman–Crippen LogP) is 3.62. The summed E-state index contributed by atoms with van der Waals surface area (Å²) in [4.78, 5) is 0. The van der Waals surface area contributed by atoms with E-state index in [0.29, 0.717) is 6.04 Å². The molecule has 0 aromatic carbocycles. The minimum atomic E-state index is 0.535. The maximum Gasteiger partial charge on any atom is 0.0238 e. The summed E-state index contributed by atoms with van der Waals surface area (Å²) >= 11 is 0. The van der Waals surface area contributed by atoms with Crippen LogP contribution in [0.25, 0.3) is 0 Å². The number of nitrogens with one attached hydrogen (secondary N) is 1. The molecule has 0 fully saturated rings. The Kier molecular flexibility index (Phi) is 10.4. The van der Waals surface area contributed by atoms with Crippen LogP contribution in [0.3, 0.4) is 0 Å². The van der Waals surface area contributed by atoms with Gasteiger partial charge in [-0.25, -0.2) is 0 Å². The van der Waals surface area contributed by atoms with Crippen molar-refractivity contribution in [3.05, 3.63) is 0 Å². The van der Waals surface area contributed by atoms with Gasteiger partial charge >= 0.3 is 0 Å². The summed E-state index contributed by atoms with van der Waals surface area (Å²) in [6, 6.07) is 0.535. The number of hydrogen-bond acceptors (Lipinski definition) is 2. The lowest BCUT2D eigenvalue weighted by atomic mass is 9.88. The summed E-state index contributed by atoms with van der Waals surface area (Å²) in [6.07, 6.45) is 10.4. The molecule has 0 spiro atoms. The van der Waals surface area contributed by atoms with E-state index in [2.05, 4.69) is 26.2 Å². The Balaban J connectivity index is 3.85. The van der Waals surface area contributed by atoms with Gasteiger partial charge in [0.15, 0.2) is 0 Å². The topological polar surface area (TPSA) is 38.0 Å². The second-order valence-electron chi connectivity index (χ2n) is 4.58. The van der Waals surface area contributed by atoms with Crippen LogP contribution in [0.15, 0.2) is 0 Å². The molecule has 2 atom stereocenters. The molecule has 0 aliphatic heterocycles. The Morgan fingerprint density at radius 2 is 1.60 bits per heavy atom. The fourth-order valence-electron chi connectivity index (χ4n) is 2.23. The minimum absolute atomic E-state index is 0.535. The largest absolute Gasteiger partial charge is 0.271 e. The van der Waals surface area contributed by atoms with Gasteiger partial charge in [-0.1, -0.05) is 59.3 Å². The first-order valence-corrected chi connectivity index (χ1v) is 6.76. The van der Waals surface area contributed by atoms with Crippen molar-refractivity contribution in [1.29, 1.82) is 0 Å². The molecule has 0 heterocycles. The highest BCUT2D eigenvalue weighted by molar-refractivity contribution is 4.73. The van der Waals surface area contributed by atoms with Gasteiger partial charge in [-0.3, -0.25) is 11.3 Å². The average Bonchev–Trinajstić information content (AvgIpc) is 2.27. The van der Waals surface area contributed by atoms with Crippen molar-refractivity contribution in [3.63, 3.8) is 0 Å². The van der Waals surface area contributed by atoms with Gasteiger partial charge in [-0.15, -0.1) is 0 Å². The van der Waals surface area contributed by atoms with E-state index in [4.69, 9.17) is 5.84 Å². The molecule has 2 nitrogen and oxygen atoms in total. The van der Waals surface area contributed by atoms with Gasteiger partial charge in [0.25, 0.3) is 0 Å². The Morgan fingerprint density at radius 3 is 2.07 bits per heavy atom. The average molecular weight is 214 g/mol. The van der Waals surface area contributed by atoms with Gasteiger partial charge in [0.1, 0.15) is 0 Å². The van der Waals surface area contributed by atoms with E-state index in [1.54, 1.807) is 0 Å². The monoisotopic (exact) mass is 214 g/mol. The molecule has 92 valence electrons. The van der Waals surface area contributed by atoms with Gasteiger partial charge in [0, 0.05) is 6.04 Å². The number of rotatable bonds is 10. The second-order valence-corrected chi connectivity index (χ2v) is 4.58. The van der Waals surface area contributed by atoms with Crippen molar-refractivity contribution in [2.45, 2.75) is 78.2 Å². The summed E-state index contributed by atoms with van der Waals surface area (Å²) in [5, 5.41) is 0. The molecule has 0 aliphatic rings. The third kappa shape index (κ3) is 6.91. The van der Waals surface area contributed by atoms with E-state index in [1.807, 2.05) is 0 Å². The maximum atomic E-state index is 5.65. The van der Waals surface area contributed by atoms with Crippen LogP contribution in [0, 0.1) is 5.92 Å². The highest BCUT2D eigenvalue weighted by Crippen LogP contribution is 2.20. The third-order valence-corrected chi connectivity index (χ3v) is 3.35. The Hall–Kier alpha value is -0.0800. The first-order valence-electron chi connectivity index (χ1n) is 6.76. The van der Waals surface area contributed by atoms with Crippen molar-refractivity contribution in [1.82, 2.24) is 5.43 Å². The fraction of sp³-hybridized carbons (Fsp3) is 1.00. The zero-order valence-electron chi connectivity index (χ0n) is 10.9. The third-order valence-electron chi connectivity index (χ3n) is 3.35. The molecule has 3 N–H and O–H groups in total. The molecule has 15 heavy (non-hydrogen) atoms. The van der Waals surface area contributed by atoms with Crippen molar-refractivity contribution in [2.24, 2.45) is 11.8 Å². The summed E-state index contributed by atoms with van der Waals surface area (Å²) in [7, 11) is 0. The van der Waals surface area contributed by atoms with Crippen LogP contribution in [0.4, 0.5) is 0 Å². The van der Waals surface area contributed by atoms with E-state index in [1.165, 1.54) is 51.4 Å². The number of hydrazine groups is 1. The van der Waals surface area contributed by atoms with Gasteiger partial charge in [-0.05, 0) is 18.8 Å². The summed E-state index contributed by atoms with van der Waals surface area (Å²) in [5.74, 6) is 6.42. The van der Waals surface area contributed by atoms with E-state index in [-0.39, 0.29) is 0 Å². The van der Waals surface area contributed by atoms with Crippen molar-refractivity contribution >= 4 is 0 Å². The standard InChI is InChI=1S/C13H30N2/c1-4-7-9-11-13(15-14)12(6-3)10-8-5-2/h12-13,15H,4-11,14H2,1-3H3. The molecular formula is C13H30N2. The van der Waals surface area contributed by atoms with E-state index in [9.17, 15) is 0 Å². The normalized spacial score (nSPS) is 15.2. The molecule has 0 amide bonds. The number of hydrogen-bond donors (Lipinski definition) is 2. The van der Waals surface area contributed by atoms with Crippen molar-refractivity contribution in [3.8, 4) is 0 Å². The van der Waals surface area contributed by atoms with Gasteiger partial charge < -0.3 is 0 Å². The first-order chi connectivity index (χ1) is 7.29. The van der Waals surface area contributed by atoms with Crippen LogP contribution in [0.1, 0.15) is 72.1 Å². The lowest BCUT2D eigenvalue weighted by Crippen LogP contribution is -2.40. The highest BCUT2D eigenvalue weighted by atomic mass is 15.2. The smallest absolute Gasteiger partial charge is 0.0238 e. The van der Waals surface area contributed by atoms with Crippen molar-refractivity contribution in [2.75, 3.05) is 0 Å². The molecule has 2 heteroatoms.